The van der Waals surface area contributed by atoms with Gasteiger partial charge in [0.15, 0.2) is 0 Å². The summed E-state index contributed by atoms with van der Waals surface area (Å²) in [5.41, 5.74) is 0.740. The number of aliphatic carboxylic acids is 1. The number of carbonyl (C=O) groups excluding carboxylic acids is 1. The van der Waals surface area contributed by atoms with Crippen molar-refractivity contribution in [3.63, 3.8) is 0 Å². The van der Waals surface area contributed by atoms with Gasteiger partial charge in [0.25, 0.3) is 0 Å². The minimum Gasteiger partial charge on any atom is -0.481 e. The number of hydrogen-bond donors (Lipinski definition) is 2. The molecule has 2 unspecified atom stereocenters. The molecule has 0 fully saturated rings. The van der Waals surface area contributed by atoms with Gasteiger partial charge >= 0.3 is 12.1 Å². The normalized spacial score (nSPS) is 13.3. The zero-order valence-electron chi connectivity index (χ0n) is 11.6. The lowest BCUT2D eigenvalue weighted by Crippen LogP contribution is -2.38. The molecular weight excluding hydrogens is 262 g/mol. The highest BCUT2D eigenvalue weighted by Crippen LogP contribution is 2.23. The Labute approximate surface area is 117 Å². The molecule has 7 nitrogen and oxygen atoms in total. The van der Waals surface area contributed by atoms with Gasteiger partial charge in [-0.05, 0) is 6.92 Å². The van der Waals surface area contributed by atoms with E-state index in [-0.39, 0.29) is 13.0 Å². The van der Waals surface area contributed by atoms with Crippen molar-refractivity contribution in [1.29, 1.82) is 0 Å². The van der Waals surface area contributed by atoms with Gasteiger partial charge in [0.2, 0.25) is 0 Å². The van der Waals surface area contributed by atoms with Crippen LogP contribution in [0.15, 0.2) is 25.2 Å². The molecule has 0 aliphatic carbocycles. The molecular formula is C13H19N3O4. The third-order valence-electron chi connectivity index (χ3n) is 2.91. The molecule has 1 aromatic rings. The van der Waals surface area contributed by atoms with Crippen molar-refractivity contribution < 1.29 is 19.4 Å². The Bertz CT molecular complexity index is 484. The number of amides is 1. The standard InChI is InChI=1S/C13H19N3O4/c1-4-5-20-13(19)15-9(2)10(6-12(17)18)11-7-14-8-16(11)3/h4,7-10H,1,5-6H2,2-3H3,(H,15,19)(H,17,18). The number of nitrogens with one attached hydrogen (secondary N) is 1. The Morgan fingerprint density at radius 1 is 1.65 bits per heavy atom. The lowest BCUT2D eigenvalue weighted by molar-refractivity contribution is -0.137. The van der Waals surface area contributed by atoms with E-state index < -0.39 is 24.0 Å². The van der Waals surface area contributed by atoms with Gasteiger partial charge in [-0.15, -0.1) is 0 Å². The molecule has 1 aromatic heterocycles. The van der Waals surface area contributed by atoms with Crippen LogP contribution in [0, 0.1) is 0 Å². The summed E-state index contributed by atoms with van der Waals surface area (Å²) in [7, 11) is 1.78. The number of aromatic nitrogens is 2. The number of carboxylic acid groups (broad SMARTS) is 1. The fraction of sp³-hybridized carbons (Fsp3) is 0.462. The second kappa shape index (κ2) is 7.32. The van der Waals surface area contributed by atoms with Gasteiger partial charge in [-0.3, -0.25) is 4.79 Å². The predicted molar refractivity (Wildman–Crippen MR) is 72.3 cm³/mol. The highest BCUT2D eigenvalue weighted by atomic mass is 16.5. The number of hydrogen-bond acceptors (Lipinski definition) is 4. The maximum absolute atomic E-state index is 11.5. The van der Waals surface area contributed by atoms with Gasteiger partial charge in [0.1, 0.15) is 6.61 Å². The Balaban J connectivity index is 2.78. The van der Waals surface area contributed by atoms with Gasteiger partial charge in [-0.1, -0.05) is 12.7 Å². The van der Waals surface area contributed by atoms with E-state index in [0.717, 1.165) is 5.69 Å². The summed E-state index contributed by atoms with van der Waals surface area (Å²) in [5.74, 6) is -1.33. The Morgan fingerprint density at radius 2 is 2.35 bits per heavy atom. The van der Waals surface area contributed by atoms with E-state index in [4.69, 9.17) is 9.84 Å². The molecule has 0 aliphatic rings. The van der Waals surface area contributed by atoms with Crippen molar-refractivity contribution >= 4 is 12.1 Å². The van der Waals surface area contributed by atoms with E-state index in [2.05, 4.69) is 16.9 Å². The van der Waals surface area contributed by atoms with E-state index in [9.17, 15) is 9.59 Å². The van der Waals surface area contributed by atoms with Crippen molar-refractivity contribution in [2.45, 2.75) is 25.3 Å². The van der Waals surface area contributed by atoms with Gasteiger partial charge in [-0.25, -0.2) is 9.78 Å². The minimum absolute atomic E-state index is 0.105. The van der Waals surface area contributed by atoms with E-state index in [1.807, 2.05) is 0 Å². The van der Waals surface area contributed by atoms with Crippen molar-refractivity contribution in [3.8, 4) is 0 Å². The highest BCUT2D eigenvalue weighted by molar-refractivity contribution is 5.70. The fourth-order valence-electron chi connectivity index (χ4n) is 1.91. The maximum atomic E-state index is 11.5. The van der Waals surface area contributed by atoms with Crippen LogP contribution in [0.1, 0.15) is 25.0 Å². The van der Waals surface area contributed by atoms with Crippen LogP contribution in [-0.2, 0) is 16.6 Å². The van der Waals surface area contributed by atoms with E-state index in [1.165, 1.54) is 6.08 Å². The molecule has 2 N–H and O–H groups in total. The first-order chi connectivity index (χ1) is 9.45. The smallest absolute Gasteiger partial charge is 0.407 e. The summed E-state index contributed by atoms with van der Waals surface area (Å²) in [4.78, 5) is 26.5. The summed E-state index contributed by atoms with van der Waals surface area (Å²) in [6.45, 7) is 5.28. The van der Waals surface area contributed by atoms with E-state index in [1.54, 1.807) is 31.1 Å². The molecule has 1 amide bonds. The van der Waals surface area contributed by atoms with Gasteiger partial charge in [0, 0.05) is 30.9 Å². The quantitative estimate of drug-likeness (QED) is 0.734. The van der Waals surface area contributed by atoms with Gasteiger partial charge in [0.05, 0.1) is 12.7 Å². The lowest BCUT2D eigenvalue weighted by atomic mass is 9.94. The third-order valence-corrected chi connectivity index (χ3v) is 2.91. The molecule has 0 spiro atoms. The molecule has 0 radical (unpaired) electrons. The Morgan fingerprint density at radius 3 is 2.85 bits per heavy atom. The average molecular weight is 281 g/mol. The van der Waals surface area contributed by atoms with Crippen LogP contribution >= 0.6 is 0 Å². The summed E-state index contributed by atoms with van der Waals surface area (Å²) in [6.07, 6.45) is 3.94. The number of carbonyl (C=O) groups is 2. The Kier molecular flexibility index (Phi) is 5.76. The predicted octanol–water partition coefficient (Wildman–Crippen LogP) is 1.28. The number of imidazole rings is 1. The topological polar surface area (TPSA) is 93.4 Å². The molecule has 1 rings (SSSR count). The number of ether oxygens (including phenoxy) is 1. The van der Waals surface area contributed by atoms with Gasteiger partial charge < -0.3 is 19.7 Å². The molecule has 1 heterocycles. The first-order valence-corrected chi connectivity index (χ1v) is 6.18. The molecule has 7 heteroatoms. The number of alkyl carbamates (subject to hydrolysis) is 1. The first-order valence-electron chi connectivity index (χ1n) is 6.18. The SMILES string of the molecule is C=CCOC(=O)NC(C)C(CC(=O)O)c1cncn1C. The molecule has 0 aliphatic heterocycles. The number of carboxylic acids is 1. The van der Waals surface area contributed by atoms with Crippen LogP contribution in [0.25, 0.3) is 0 Å². The Hall–Kier alpha value is -2.31. The van der Waals surface area contributed by atoms with Crippen LogP contribution in [0.4, 0.5) is 4.79 Å². The third kappa shape index (κ3) is 4.42. The summed E-state index contributed by atoms with van der Waals surface area (Å²) < 4.78 is 6.56. The lowest BCUT2D eigenvalue weighted by Gasteiger charge is -2.23. The molecule has 0 bridgehead atoms. The fourth-order valence-corrected chi connectivity index (χ4v) is 1.91. The number of rotatable bonds is 7. The van der Waals surface area contributed by atoms with Crippen molar-refractivity contribution in [2.75, 3.05) is 6.61 Å². The largest absolute Gasteiger partial charge is 0.481 e. The highest BCUT2D eigenvalue weighted by Gasteiger charge is 2.26. The van der Waals surface area contributed by atoms with Gasteiger partial charge in [-0.2, -0.15) is 0 Å². The van der Waals surface area contributed by atoms with Crippen molar-refractivity contribution in [1.82, 2.24) is 14.9 Å². The summed E-state index contributed by atoms with van der Waals surface area (Å²) in [5, 5.41) is 11.6. The summed E-state index contributed by atoms with van der Waals surface area (Å²) in [6, 6.07) is -0.404. The maximum Gasteiger partial charge on any atom is 0.407 e. The van der Waals surface area contributed by atoms with E-state index >= 15 is 0 Å². The molecule has 0 aromatic carbocycles. The van der Waals surface area contributed by atoms with Crippen molar-refractivity contribution in [2.24, 2.45) is 7.05 Å². The number of nitrogens with zero attached hydrogens (tertiary/aromatic N) is 2. The summed E-state index contributed by atoms with van der Waals surface area (Å²) >= 11 is 0. The minimum atomic E-state index is -0.940. The zero-order valence-corrected chi connectivity index (χ0v) is 11.6. The van der Waals surface area contributed by atoms with Crippen molar-refractivity contribution in [3.05, 3.63) is 30.9 Å². The van der Waals surface area contributed by atoms with Crippen LogP contribution in [0.2, 0.25) is 0 Å². The molecule has 0 saturated heterocycles. The first kappa shape index (κ1) is 15.7. The van der Waals surface area contributed by atoms with E-state index in [0.29, 0.717) is 0 Å². The molecule has 2 atom stereocenters. The molecule has 0 saturated carbocycles. The van der Waals surface area contributed by atoms with Crippen LogP contribution in [0.5, 0.6) is 0 Å². The second-order valence-electron chi connectivity index (χ2n) is 4.45. The number of aryl methyl sites for hydroxylation is 1. The van der Waals surface area contributed by atoms with Crippen LogP contribution < -0.4 is 5.32 Å². The molecule has 110 valence electrons. The van der Waals surface area contributed by atoms with Crippen LogP contribution in [-0.4, -0.2) is 39.4 Å². The zero-order chi connectivity index (χ0) is 15.1. The monoisotopic (exact) mass is 281 g/mol. The average Bonchev–Trinajstić information content (AvgIpc) is 2.79. The van der Waals surface area contributed by atoms with Crippen LogP contribution in [0.3, 0.4) is 0 Å². The second-order valence-corrected chi connectivity index (χ2v) is 4.45. The molecule has 20 heavy (non-hydrogen) atoms.